The Hall–Kier alpha value is -1.91. The first-order chi connectivity index (χ1) is 8.02. The lowest BCUT2D eigenvalue weighted by molar-refractivity contribution is 0.238. The number of carbonyl (C=O) groups is 1. The number of carbonyl (C=O) groups excluding carboxylic acids is 1. The highest BCUT2D eigenvalue weighted by molar-refractivity contribution is 5.74. The summed E-state index contributed by atoms with van der Waals surface area (Å²) < 4.78 is 5.19. The summed E-state index contributed by atoms with van der Waals surface area (Å²) in [5.41, 5.74) is 7.18. The van der Waals surface area contributed by atoms with E-state index in [1.54, 1.807) is 25.3 Å². The third-order valence-electron chi connectivity index (χ3n) is 2.16. The molecule has 1 rings (SSSR count). The number of hydrogen-bond acceptors (Lipinski definition) is 3. The van der Waals surface area contributed by atoms with Gasteiger partial charge >= 0.3 is 6.03 Å². The number of methoxy groups -OCH3 is 1. The number of hydrogen-bond donors (Lipinski definition) is 3. The molecule has 0 aliphatic heterocycles. The molecule has 17 heavy (non-hydrogen) atoms. The molecule has 0 unspecified atom stereocenters. The van der Waals surface area contributed by atoms with Gasteiger partial charge in [0.2, 0.25) is 0 Å². The van der Waals surface area contributed by atoms with Gasteiger partial charge in [-0.15, -0.1) is 0 Å². The minimum absolute atomic E-state index is 0.109. The van der Waals surface area contributed by atoms with E-state index in [0.717, 1.165) is 5.56 Å². The molecule has 0 atom stereocenters. The molecule has 0 spiro atoms. The molecule has 0 fully saturated rings. The van der Waals surface area contributed by atoms with Gasteiger partial charge in [-0.25, -0.2) is 4.79 Å². The molecule has 0 aliphatic rings. The Balaban J connectivity index is 2.62. The maximum Gasteiger partial charge on any atom is 0.315 e. The quantitative estimate of drug-likeness (QED) is 0.694. The lowest BCUT2D eigenvalue weighted by Gasteiger charge is -2.12. The first-order valence-electron chi connectivity index (χ1n) is 5.49. The van der Waals surface area contributed by atoms with Crippen LogP contribution < -0.4 is 21.1 Å². The highest BCUT2D eigenvalue weighted by atomic mass is 16.5. The maximum atomic E-state index is 11.4. The summed E-state index contributed by atoms with van der Waals surface area (Å²) in [6, 6.07) is 5.24. The second-order valence-corrected chi connectivity index (χ2v) is 4.05. The van der Waals surface area contributed by atoms with Crippen LogP contribution in [0.4, 0.5) is 10.5 Å². The molecule has 0 saturated heterocycles. The van der Waals surface area contributed by atoms with Gasteiger partial charge in [0.1, 0.15) is 5.75 Å². The summed E-state index contributed by atoms with van der Waals surface area (Å²) in [4.78, 5) is 11.4. The molecular weight excluding hydrogens is 218 g/mol. The average molecular weight is 237 g/mol. The summed E-state index contributed by atoms with van der Waals surface area (Å²) in [6.07, 6.45) is 0. The lowest BCUT2D eigenvalue weighted by atomic mass is 10.2. The van der Waals surface area contributed by atoms with Gasteiger partial charge in [0.05, 0.1) is 7.11 Å². The van der Waals surface area contributed by atoms with Gasteiger partial charge in [0, 0.05) is 23.8 Å². The summed E-state index contributed by atoms with van der Waals surface area (Å²) >= 11 is 0. The third-order valence-corrected chi connectivity index (χ3v) is 2.16. The zero-order chi connectivity index (χ0) is 12.8. The van der Waals surface area contributed by atoms with E-state index in [1.165, 1.54) is 0 Å². The van der Waals surface area contributed by atoms with Crippen LogP contribution in [-0.4, -0.2) is 19.2 Å². The van der Waals surface area contributed by atoms with E-state index in [4.69, 9.17) is 10.5 Å². The number of benzene rings is 1. The van der Waals surface area contributed by atoms with Crippen molar-refractivity contribution in [1.82, 2.24) is 10.6 Å². The molecule has 4 N–H and O–H groups in total. The fourth-order valence-corrected chi connectivity index (χ4v) is 1.43. The Labute approximate surface area is 101 Å². The first-order valence-corrected chi connectivity index (χ1v) is 5.49. The van der Waals surface area contributed by atoms with Gasteiger partial charge in [-0.05, 0) is 32.0 Å². The predicted molar refractivity (Wildman–Crippen MR) is 67.9 cm³/mol. The summed E-state index contributed by atoms with van der Waals surface area (Å²) in [6.45, 7) is 4.19. The third kappa shape index (κ3) is 4.22. The fraction of sp³-hybridized carbons (Fsp3) is 0.417. The van der Waals surface area contributed by atoms with E-state index in [2.05, 4.69) is 10.6 Å². The normalized spacial score (nSPS) is 10.1. The van der Waals surface area contributed by atoms with Gasteiger partial charge in [-0.2, -0.15) is 0 Å². The second kappa shape index (κ2) is 5.98. The number of anilines is 1. The zero-order valence-corrected chi connectivity index (χ0v) is 10.4. The topological polar surface area (TPSA) is 76.4 Å². The van der Waals surface area contributed by atoms with Crippen LogP contribution in [0.3, 0.4) is 0 Å². The Morgan fingerprint density at radius 1 is 1.47 bits per heavy atom. The number of nitrogens with two attached hydrogens (primary N) is 1. The van der Waals surface area contributed by atoms with Crippen molar-refractivity contribution in [3.8, 4) is 5.75 Å². The Morgan fingerprint density at radius 3 is 2.76 bits per heavy atom. The molecule has 5 nitrogen and oxygen atoms in total. The molecule has 5 heteroatoms. The monoisotopic (exact) mass is 237 g/mol. The van der Waals surface area contributed by atoms with Crippen LogP contribution in [0.25, 0.3) is 0 Å². The molecule has 0 bridgehead atoms. The smallest absolute Gasteiger partial charge is 0.315 e. The van der Waals surface area contributed by atoms with Gasteiger partial charge in [0.25, 0.3) is 0 Å². The van der Waals surface area contributed by atoms with Crippen LogP contribution in [0.1, 0.15) is 19.4 Å². The molecule has 2 amide bonds. The van der Waals surface area contributed by atoms with E-state index in [0.29, 0.717) is 18.0 Å². The van der Waals surface area contributed by atoms with Gasteiger partial charge in [-0.1, -0.05) is 0 Å². The van der Waals surface area contributed by atoms with E-state index in [-0.39, 0.29) is 12.1 Å². The van der Waals surface area contributed by atoms with Crippen molar-refractivity contribution < 1.29 is 9.53 Å². The maximum absolute atomic E-state index is 11.4. The van der Waals surface area contributed by atoms with Crippen molar-refractivity contribution in [3.63, 3.8) is 0 Å². The largest absolute Gasteiger partial charge is 0.496 e. The number of ether oxygens (including phenoxy) is 1. The first kappa shape index (κ1) is 13.2. The second-order valence-electron chi connectivity index (χ2n) is 4.05. The minimum atomic E-state index is -0.204. The van der Waals surface area contributed by atoms with Crippen molar-refractivity contribution in [1.29, 1.82) is 0 Å². The average Bonchev–Trinajstić information content (AvgIpc) is 2.25. The van der Waals surface area contributed by atoms with Crippen molar-refractivity contribution in [3.05, 3.63) is 23.8 Å². The minimum Gasteiger partial charge on any atom is -0.496 e. The molecule has 0 aliphatic carbocycles. The number of urea groups is 1. The van der Waals surface area contributed by atoms with Crippen LogP contribution in [0.5, 0.6) is 5.75 Å². The summed E-state index contributed by atoms with van der Waals surface area (Å²) in [5.74, 6) is 0.712. The van der Waals surface area contributed by atoms with Crippen molar-refractivity contribution >= 4 is 11.7 Å². The highest BCUT2D eigenvalue weighted by Gasteiger charge is 2.06. The van der Waals surface area contributed by atoms with Crippen molar-refractivity contribution in [2.45, 2.75) is 26.4 Å². The van der Waals surface area contributed by atoms with E-state index in [9.17, 15) is 4.79 Å². The van der Waals surface area contributed by atoms with Crippen LogP contribution in [0, 0.1) is 0 Å². The van der Waals surface area contributed by atoms with Crippen molar-refractivity contribution in [2.24, 2.45) is 0 Å². The van der Waals surface area contributed by atoms with Gasteiger partial charge < -0.3 is 21.1 Å². The van der Waals surface area contributed by atoms with Crippen LogP contribution >= 0.6 is 0 Å². The molecule has 0 saturated carbocycles. The van der Waals surface area contributed by atoms with E-state index in [1.807, 2.05) is 13.8 Å². The Kier molecular flexibility index (Phi) is 4.63. The highest BCUT2D eigenvalue weighted by Crippen LogP contribution is 2.20. The number of nitrogen functional groups attached to an aromatic ring is 1. The molecule has 0 radical (unpaired) electrons. The summed E-state index contributed by atoms with van der Waals surface area (Å²) in [5, 5.41) is 5.49. The molecule has 1 aromatic carbocycles. The number of nitrogens with one attached hydrogen (secondary N) is 2. The molecule has 1 aromatic rings. The van der Waals surface area contributed by atoms with Crippen LogP contribution in [-0.2, 0) is 6.54 Å². The standard InChI is InChI=1S/C12H19N3O2/c1-8(2)15-12(16)14-7-9-6-10(13)4-5-11(9)17-3/h4-6,8H,7,13H2,1-3H3,(H2,14,15,16). The lowest BCUT2D eigenvalue weighted by Crippen LogP contribution is -2.39. The molecule has 94 valence electrons. The van der Waals surface area contributed by atoms with Gasteiger partial charge in [-0.3, -0.25) is 0 Å². The fourth-order valence-electron chi connectivity index (χ4n) is 1.43. The number of amides is 2. The zero-order valence-electron chi connectivity index (χ0n) is 10.4. The SMILES string of the molecule is COc1ccc(N)cc1CNC(=O)NC(C)C. The molecule has 0 heterocycles. The van der Waals surface area contributed by atoms with Crippen LogP contribution in [0.2, 0.25) is 0 Å². The molecular formula is C12H19N3O2. The van der Waals surface area contributed by atoms with Gasteiger partial charge in [0.15, 0.2) is 0 Å². The summed E-state index contributed by atoms with van der Waals surface area (Å²) in [7, 11) is 1.59. The number of rotatable bonds is 4. The van der Waals surface area contributed by atoms with E-state index < -0.39 is 0 Å². The van der Waals surface area contributed by atoms with Crippen LogP contribution in [0.15, 0.2) is 18.2 Å². The van der Waals surface area contributed by atoms with E-state index >= 15 is 0 Å². The Bertz CT molecular complexity index is 391. The van der Waals surface area contributed by atoms with Crippen molar-refractivity contribution in [2.75, 3.05) is 12.8 Å². The Morgan fingerprint density at radius 2 is 2.18 bits per heavy atom. The predicted octanol–water partition coefficient (Wildman–Crippen LogP) is 1.48. The molecule has 0 aromatic heterocycles.